The third-order valence-corrected chi connectivity index (χ3v) is 12.8. The maximum Gasteiger partial charge on any atom is 0.159 e. The molecule has 12 rings (SSSR count). The van der Waals surface area contributed by atoms with E-state index in [1.807, 2.05) is 6.07 Å². The summed E-state index contributed by atoms with van der Waals surface area (Å²) in [6, 6.07) is 61.9. The summed E-state index contributed by atoms with van der Waals surface area (Å²) in [7, 11) is 0. The first-order chi connectivity index (χ1) is 29.0. The standard InChI is InChI=1S/C56H40N2O/c1-56(2)49-21-8-4-7-18-43(49)44-32-30-41(35-50(44)56)57(52-22-13-20-47-45-19-11-12-23-53(45)59-55(47)52)40-28-24-36(25-29-40)38-27-33-51-48(34-38)46-31-26-37-14-9-10-17-42(37)54(46)58(51)39-15-5-3-6-16-39/h3,5-35H,4H2,1-2H3. The number of aromatic nitrogens is 1. The van der Waals surface area contributed by atoms with Gasteiger partial charge in [-0.05, 0) is 106 Å². The molecule has 0 N–H and O–H groups in total. The van der Waals surface area contributed by atoms with Crippen molar-refractivity contribution in [1.29, 1.82) is 0 Å². The van der Waals surface area contributed by atoms with E-state index in [2.05, 4.69) is 211 Å². The Labute approximate surface area is 343 Å². The van der Waals surface area contributed by atoms with Crippen LogP contribution in [0.1, 0.15) is 31.4 Å². The van der Waals surface area contributed by atoms with Crippen LogP contribution in [0.25, 0.3) is 76.9 Å². The largest absolute Gasteiger partial charge is 0.454 e. The van der Waals surface area contributed by atoms with Gasteiger partial charge in [-0.2, -0.15) is 0 Å². The second-order valence-corrected chi connectivity index (χ2v) is 16.4. The molecule has 3 heteroatoms. The van der Waals surface area contributed by atoms with Gasteiger partial charge in [0.05, 0.1) is 16.7 Å². The number of fused-ring (bicyclic) bond motifs is 10. The van der Waals surface area contributed by atoms with Crippen molar-refractivity contribution in [3.8, 4) is 16.8 Å². The number of hydrogen-bond donors (Lipinski definition) is 0. The highest BCUT2D eigenvalue weighted by Crippen LogP contribution is 2.51. The minimum absolute atomic E-state index is 0.138. The number of rotatable bonds is 5. The van der Waals surface area contributed by atoms with Crippen molar-refractivity contribution in [3.63, 3.8) is 0 Å². The molecule has 0 spiro atoms. The van der Waals surface area contributed by atoms with E-state index in [9.17, 15) is 0 Å². The molecule has 2 aromatic heterocycles. The number of furan rings is 1. The molecule has 0 radical (unpaired) electrons. The topological polar surface area (TPSA) is 21.3 Å². The number of allylic oxidation sites excluding steroid dienone is 6. The molecule has 3 nitrogen and oxygen atoms in total. The van der Waals surface area contributed by atoms with Crippen LogP contribution in [0.2, 0.25) is 0 Å². The van der Waals surface area contributed by atoms with Gasteiger partial charge >= 0.3 is 0 Å². The molecule has 0 unspecified atom stereocenters. The molecular formula is C56H40N2O. The van der Waals surface area contributed by atoms with Crippen molar-refractivity contribution < 1.29 is 4.42 Å². The fraction of sp³-hybridized carbons (Fsp3) is 0.0714. The second kappa shape index (κ2) is 12.8. The van der Waals surface area contributed by atoms with Crippen molar-refractivity contribution in [2.45, 2.75) is 25.7 Å². The van der Waals surface area contributed by atoms with E-state index in [1.54, 1.807) is 0 Å². The van der Waals surface area contributed by atoms with Crippen LogP contribution in [0.4, 0.5) is 17.1 Å². The zero-order valence-electron chi connectivity index (χ0n) is 33.0. The van der Waals surface area contributed by atoms with Crippen LogP contribution >= 0.6 is 0 Å². The van der Waals surface area contributed by atoms with Gasteiger partial charge in [0.2, 0.25) is 0 Å². The Morgan fingerprint density at radius 2 is 1.31 bits per heavy atom. The monoisotopic (exact) mass is 756 g/mol. The highest BCUT2D eigenvalue weighted by atomic mass is 16.3. The van der Waals surface area contributed by atoms with Crippen LogP contribution in [0.3, 0.4) is 0 Å². The highest BCUT2D eigenvalue weighted by Gasteiger charge is 2.36. The molecule has 10 aromatic rings. The summed E-state index contributed by atoms with van der Waals surface area (Å²) < 4.78 is 9.12. The Hall–Kier alpha value is -7.36. The average Bonchev–Trinajstić information content (AvgIpc) is 3.80. The Bertz CT molecular complexity index is 3430. The normalized spacial score (nSPS) is 14.5. The molecule has 0 atom stereocenters. The van der Waals surface area contributed by atoms with Crippen LogP contribution in [-0.4, -0.2) is 4.57 Å². The molecule has 2 heterocycles. The summed E-state index contributed by atoms with van der Waals surface area (Å²) in [6.07, 6.45) is 10.2. The lowest BCUT2D eigenvalue weighted by Gasteiger charge is -2.28. The lowest BCUT2D eigenvalue weighted by atomic mass is 9.81. The van der Waals surface area contributed by atoms with Crippen LogP contribution in [0, 0.1) is 0 Å². The summed E-state index contributed by atoms with van der Waals surface area (Å²) >= 11 is 0. The first-order valence-corrected chi connectivity index (χ1v) is 20.6. The van der Waals surface area contributed by atoms with Gasteiger partial charge in [-0.3, -0.25) is 0 Å². The average molecular weight is 757 g/mol. The molecule has 8 aromatic carbocycles. The first-order valence-electron chi connectivity index (χ1n) is 20.6. The van der Waals surface area contributed by atoms with Crippen LogP contribution in [0.15, 0.2) is 204 Å². The highest BCUT2D eigenvalue weighted by molar-refractivity contribution is 6.19. The molecule has 0 aliphatic heterocycles. The van der Waals surface area contributed by atoms with E-state index in [4.69, 9.17) is 4.42 Å². The second-order valence-electron chi connectivity index (χ2n) is 16.4. The van der Waals surface area contributed by atoms with Crippen molar-refractivity contribution in [2.24, 2.45) is 0 Å². The molecular weight excluding hydrogens is 717 g/mol. The molecule has 0 saturated heterocycles. The number of hydrogen-bond acceptors (Lipinski definition) is 2. The van der Waals surface area contributed by atoms with E-state index in [0.29, 0.717) is 0 Å². The minimum atomic E-state index is -0.138. The third kappa shape index (κ3) is 5.08. The van der Waals surface area contributed by atoms with Gasteiger partial charge in [0.25, 0.3) is 0 Å². The van der Waals surface area contributed by atoms with Crippen LogP contribution in [0.5, 0.6) is 0 Å². The molecule has 0 fully saturated rings. The molecule has 280 valence electrons. The van der Waals surface area contributed by atoms with Gasteiger partial charge in [0.1, 0.15) is 5.58 Å². The predicted molar refractivity (Wildman–Crippen MR) is 249 cm³/mol. The van der Waals surface area contributed by atoms with Crippen molar-refractivity contribution >= 4 is 77.2 Å². The predicted octanol–water partition coefficient (Wildman–Crippen LogP) is 15.5. The number of anilines is 3. The molecule has 0 saturated carbocycles. The number of para-hydroxylation sites is 3. The van der Waals surface area contributed by atoms with E-state index < -0.39 is 0 Å². The SMILES string of the molecule is CC1(C)C2=C(C=CCC=C2)c2ccc(N(c3ccc(-c4ccc5c(c4)c4ccc6ccccc6c4n5-c4ccccc4)cc3)c3cccc4c3oc3ccccc34)cc21. The molecule has 2 aliphatic rings. The van der Waals surface area contributed by atoms with Crippen LogP contribution < -0.4 is 4.90 Å². The van der Waals surface area contributed by atoms with Gasteiger partial charge in [-0.15, -0.1) is 0 Å². The number of nitrogens with zero attached hydrogens (tertiary/aromatic N) is 2. The fourth-order valence-corrected chi connectivity index (χ4v) is 9.92. The van der Waals surface area contributed by atoms with Gasteiger partial charge in [0.15, 0.2) is 5.58 Å². The Balaban J connectivity index is 1.02. The van der Waals surface area contributed by atoms with E-state index in [0.717, 1.165) is 51.1 Å². The fourth-order valence-electron chi connectivity index (χ4n) is 9.92. The Morgan fingerprint density at radius 3 is 2.19 bits per heavy atom. The lowest BCUT2D eigenvalue weighted by Crippen LogP contribution is -2.17. The van der Waals surface area contributed by atoms with Gasteiger partial charge < -0.3 is 13.9 Å². The minimum Gasteiger partial charge on any atom is -0.454 e. The van der Waals surface area contributed by atoms with E-state index >= 15 is 0 Å². The zero-order chi connectivity index (χ0) is 39.2. The smallest absolute Gasteiger partial charge is 0.159 e. The first kappa shape index (κ1) is 33.7. The number of benzene rings is 8. The summed E-state index contributed by atoms with van der Waals surface area (Å²) in [6.45, 7) is 4.72. The zero-order valence-corrected chi connectivity index (χ0v) is 33.0. The summed E-state index contributed by atoms with van der Waals surface area (Å²) in [5.41, 5.74) is 16.1. The van der Waals surface area contributed by atoms with E-state index in [1.165, 1.54) is 66.0 Å². The molecule has 2 aliphatic carbocycles. The maximum absolute atomic E-state index is 6.69. The maximum atomic E-state index is 6.69. The van der Waals surface area contributed by atoms with Crippen molar-refractivity contribution in [2.75, 3.05) is 4.90 Å². The van der Waals surface area contributed by atoms with E-state index in [-0.39, 0.29) is 5.41 Å². The van der Waals surface area contributed by atoms with Crippen LogP contribution in [-0.2, 0) is 5.41 Å². The summed E-state index contributed by atoms with van der Waals surface area (Å²) in [5, 5.41) is 7.23. The quantitative estimate of drug-likeness (QED) is 0.174. The van der Waals surface area contributed by atoms with Gasteiger partial charge in [-0.25, -0.2) is 0 Å². The molecule has 59 heavy (non-hydrogen) atoms. The molecule has 0 bridgehead atoms. The summed E-state index contributed by atoms with van der Waals surface area (Å²) in [5.74, 6) is 0. The third-order valence-electron chi connectivity index (χ3n) is 12.8. The Kier molecular flexibility index (Phi) is 7.34. The summed E-state index contributed by atoms with van der Waals surface area (Å²) in [4.78, 5) is 2.38. The van der Waals surface area contributed by atoms with Crippen molar-refractivity contribution in [1.82, 2.24) is 4.57 Å². The van der Waals surface area contributed by atoms with Crippen molar-refractivity contribution in [3.05, 3.63) is 211 Å². The van der Waals surface area contributed by atoms with Gasteiger partial charge in [-0.1, -0.05) is 147 Å². The molecule has 0 amide bonds. The van der Waals surface area contributed by atoms with Gasteiger partial charge in [0, 0.05) is 49.4 Å². The Morgan fingerprint density at radius 1 is 0.559 bits per heavy atom. The lowest BCUT2D eigenvalue weighted by molar-refractivity contribution is 0.654.